The Hall–Kier alpha value is -3.29. The lowest BCUT2D eigenvalue weighted by Gasteiger charge is -2.14. The highest BCUT2D eigenvalue weighted by Crippen LogP contribution is 2.24. The van der Waals surface area contributed by atoms with Gasteiger partial charge < -0.3 is 15.4 Å². The van der Waals surface area contributed by atoms with Crippen molar-refractivity contribution in [2.75, 3.05) is 10.6 Å². The minimum absolute atomic E-state index is 0.0940. The van der Waals surface area contributed by atoms with E-state index in [4.69, 9.17) is 0 Å². The van der Waals surface area contributed by atoms with Gasteiger partial charge in [-0.3, -0.25) is 4.98 Å². The van der Waals surface area contributed by atoms with Crippen LogP contribution in [0.5, 0.6) is 5.75 Å². The average molecular weight is 385 g/mol. The summed E-state index contributed by atoms with van der Waals surface area (Å²) in [5.74, 6) is 1.14. The molecule has 1 aromatic carbocycles. The summed E-state index contributed by atoms with van der Waals surface area (Å²) in [7, 11) is 0. The summed E-state index contributed by atoms with van der Waals surface area (Å²) in [4.78, 5) is 13.4. The average Bonchev–Trinajstić information content (AvgIpc) is 2.69. The van der Waals surface area contributed by atoms with Gasteiger partial charge in [0.1, 0.15) is 11.6 Å². The topological polar surface area (TPSA) is 72.0 Å². The van der Waals surface area contributed by atoms with Gasteiger partial charge >= 0.3 is 6.61 Å². The molecular weight excluding hydrogens is 364 g/mol. The number of ether oxygens (including phenoxy) is 1. The Kier molecular flexibility index (Phi) is 6.31. The van der Waals surface area contributed by atoms with E-state index in [1.54, 1.807) is 24.4 Å². The van der Waals surface area contributed by atoms with E-state index in [9.17, 15) is 8.78 Å². The third kappa shape index (κ3) is 5.35. The zero-order valence-electron chi connectivity index (χ0n) is 15.6. The Bertz CT molecular complexity index is 891. The van der Waals surface area contributed by atoms with E-state index in [1.165, 1.54) is 12.1 Å². The fraction of sp³-hybridized carbons (Fsp3) is 0.250. The van der Waals surface area contributed by atoms with Gasteiger partial charge in [0.05, 0.1) is 11.4 Å². The molecule has 1 atom stereocenters. The molecule has 6 nitrogen and oxygen atoms in total. The fourth-order valence-corrected chi connectivity index (χ4v) is 2.41. The van der Waals surface area contributed by atoms with Crippen LogP contribution in [0.3, 0.4) is 0 Å². The highest BCUT2D eigenvalue weighted by atomic mass is 19.3. The number of nitrogens with one attached hydrogen (secondary N) is 2. The smallest absolute Gasteiger partial charge is 0.387 e. The summed E-state index contributed by atoms with van der Waals surface area (Å²) in [5, 5.41) is 6.43. The van der Waals surface area contributed by atoms with Crippen LogP contribution < -0.4 is 15.4 Å². The molecule has 0 amide bonds. The van der Waals surface area contributed by atoms with Gasteiger partial charge in [-0.15, -0.1) is 0 Å². The predicted molar refractivity (Wildman–Crippen MR) is 105 cm³/mol. The molecule has 2 N–H and O–H groups in total. The Morgan fingerprint density at radius 3 is 2.46 bits per heavy atom. The van der Waals surface area contributed by atoms with Crippen molar-refractivity contribution >= 4 is 17.5 Å². The predicted octanol–water partition coefficient (Wildman–Crippen LogP) is 5.09. The molecule has 3 aromatic rings. The summed E-state index contributed by atoms with van der Waals surface area (Å²) >= 11 is 0. The van der Waals surface area contributed by atoms with Crippen LogP contribution in [0.15, 0.2) is 54.7 Å². The molecular formula is C20H21F2N5O. The van der Waals surface area contributed by atoms with Crippen LogP contribution in [0, 0.1) is 0 Å². The van der Waals surface area contributed by atoms with Crippen LogP contribution in [0.2, 0.25) is 0 Å². The Balaban J connectivity index is 1.87. The second kappa shape index (κ2) is 9.07. The minimum atomic E-state index is -2.85. The number of hydrogen-bond donors (Lipinski definition) is 2. The summed E-state index contributed by atoms with van der Waals surface area (Å²) in [6, 6.07) is 13.8. The lowest BCUT2D eigenvalue weighted by atomic mass is 10.2. The van der Waals surface area contributed by atoms with Gasteiger partial charge in [-0.05, 0) is 49.7 Å². The first-order valence-electron chi connectivity index (χ1n) is 8.92. The lowest BCUT2D eigenvalue weighted by molar-refractivity contribution is -0.0498. The van der Waals surface area contributed by atoms with Crippen LogP contribution >= 0.6 is 0 Å². The molecule has 0 bridgehead atoms. The van der Waals surface area contributed by atoms with Crippen molar-refractivity contribution in [2.24, 2.45) is 0 Å². The molecule has 2 aromatic heterocycles. The molecule has 2 heterocycles. The first kappa shape index (κ1) is 19.5. The number of pyridine rings is 1. The molecule has 0 aliphatic heterocycles. The van der Waals surface area contributed by atoms with Crippen molar-refractivity contribution in [1.29, 1.82) is 0 Å². The Morgan fingerprint density at radius 1 is 1.04 bits per heavy atom. The molecule has 0 radical (unpaired) electrons. The molecule has 8 heteroatoms. The maximum atomic E-state index is 12.3. The van der Waals surface area contributed by atoms with Crippen molar-refractivity contribution < 1.29 is 13.5 Å². The monoisotopic (exact) mass is 385 g/mol. The highest BCUT2D eigenvalue weighted by molar-refractivity contribution is 5.65. The maximum Gasteiger partial charge on any atom is 0.387 e. The number of nitrogens with zero attached hydrogens (tertiary/aromatic N) is 3. The normalized spacial score (nSPS) is 11.9. The molecule has 146 valence electrons. The Labute approximate surface area is 162 Å². The second-order valence-corrected chi connectivity index (χ2v) is 6.16. The van der Waals surface area contributed by atoms with Crippen LogP contribution in [-0.2, 0) is 0 Å². The van der Waals surface area contributed by atoms with E-state index in [2.05, 4.69) is 37.2 Å². The van der Waals surface area contributed by atoms with Crippen LogP contribution in [0.25, 0.3) is 11.4 Å². The molecule has 0 aliphatic carbocycles. The third-order valence-electron chi connectivity index (χ3n) is 3.99. The van der Waals surface area contributed by atoms with Crippen molar-refractivity contribution in [3.63, 3.8) is 0 Å². The second-order valence-electron chi connectivity index (χ2n) is 6.16. The third-order valence-corrected chi connectivity index (χ3v) is 3.99. The molecule has 0 unspecified atom stereocenters. The van der Waals surface area contributed by atoms with Crippen molar-refractivity contribution in [1.82, 2.24) is 15.0 Å². The number of rotatable bonds is 8. The highest BCUT2D eigenvalue weighted by Gasteiger charge is 2.10. The number of hydrogen-bond acceptors (Lipinski definition) is 6. The standard InChI is InChI=1S/C20H21F2N5O/c1-3-13(2)24-20-26-17(16-6-4-5-11-23-16)12-18(27-20)25-14-7-9-15(10-8-14)28-19(21)22/h4-13,19H,3H2,1-2H3,(H2,24,25,26,27)/t13-/m1/s1. The molecule has 0 fully saturated rings. The number of anilines is 3. The van der Waals surface area contributed by atoms with E-state index < -0.39 is 6.61 Å². The number of benzene rings is 1. The van der Waals surface area contributed by atoms with E-state index in [-0.39, 0.29) is 11.8 Å². The van der Waals surface area contributed by atoms with Crippen LogP contribution in [0.4, 0.5) is 26.2 Å². The van der Waals surface area contributed by atoms with Gasteiger partial charge in [-0.2, -0.15) is 13.8 Å². The minimum Gasteiger partial charge on any atom is -0.435 e. The first-order chi connectivity index (χ1) is 13.5. The number of aromatic nitrogens is 3. The van der Waals surface area contributed by atoms with Gasteiger partial charge in [0, 0.05) is 24.0 Å². The van der Waals surface area contributed by atoms with Gasteiger partial charge in [-0.25, -0.2) is 4.98 Å². The van der Waals surface area contributed by atoms with Gasteiger partial charge in [-0.1, -0.05) is 13.0 Å². The van der Waals surface area contributed by atoms with E-state index >= 15 is 0 Å². The zero-order valence-corrected chi connectivity index (χ0v) is 15.6. The largest absolute Gasteiger partial charge is 0.435 e. The van der Waals surface area contributed by atoms with E-state index in [1.807, 2.05) is 25.1 Å². The molecule has 0 spiro atoms. The fourth-order valence-electron chi connectivity index (χ4n) is 2.41. The number of halogens is 2. The van der Waals surface area contributed by atoms with Crippen molar-refractivity contribution in [3.8, 4) is 17.1 Å². The molecule has 3 rings (SSSR count). The maximum absolute atomic E-state index is 12.3. The molecule has 0 aliphatic rings. The molecule has 0 saturated heterocycles. The number of alkyl halides is 2. The van der Waals surface area contributed by atoms with E-state index in [0.717, 1.165) is 12.1 Å². The van der Waals surface area contributed by atoms with Gasteiger partial charge in [0.2, 0.25) is 5.95 Å². The zero-order chi connectivity index (χ0) is 19.9. The summed E-state index contributed by atoms with van der Waals surface area (Å²) < 4.78 is 28.9. The van der Waals surface area contributed by atoms with Gasteiger partial charge in [0.25, 0.3) is 0 Å². The van der Waals surface area contributed by atoms with Gasteiger partial charge in [0.15, 0.2) is 0 Å². The lowest BCUT2D eigenvalue weighted by Crippen LogP contribution is -2.16. The van der Waals surface area contributed by atoms with E-state index in [0.29, 0.717) is 23.1 Å². The summed E-state index contributed by atoms with van der Waals surface area (Å²) in [5.41, 5.74) is 2.07. The van der Waals surface area contributed by atoms with Crippen LogP contribution in [0.1, 0.15) is 20.3 Å². The Morgan fingerprint density at radius 2 is 1.82 bits per heavy atom. The SMILES string of the molecule is CC[C@@H](C)Nc1nc(Nc2ccc(OC(F)F)cc2)cc(-c2ccccn2)n1. The first-order valence-corrected chi connectivity index (χ1v) is 8.92. The summed E-state index contributed by atoms with van der Waals surface area (Å²) in [6.07, 6.45) is 2.62. The van der Waals surface area contributed by atoms with Crippen LogP contribution in [-0.4, -0.2) is 27.6 Å². The van der Waals surface area contributed by atoms with Crippen molar-refractivity contribution in [3.05, 3.63) is 54.7 Å². The summed E-state index contributed by atoms with van der Waals surface area (Å²) in [6.45, 7) is 1.27. The molecule has 28 heavy (non-hydrogen) atoms. The molecule has 0 saturated carbocycles. The van der Waals surface area contributed by atoms with Crippen molar-refractivity contribution in [2.45, 2.75) is 32.9 Å². The quantitative estimate of drug-likeness (QED) is 0.562.